The number of likely N-dealkylation sites (tertiary alicyclic amines) is 1. The molecule has 1 aliphatic rings. The molecule has 2 nitrogen and oxygen atoms in total. The molecule has 1 aliphatic heterocycles. The Hall–Kier alpha value is -0.790. The third kappa shape index (κ3) is 2.60. The Morgan fingerprint density at radius 2 is 1.86 bits per heavy atom. The molecule has 1 rings (SSSR count). The minimum Gasteiger partial charge on any atom is -0.342 e. The van der Waals surface area contributed by atoms with Crippen molar-refractivity contribution < 1.29 is 4.79 Å². The summed E-state index contributed by atoms with van der Waals surface area (Å²) in [6, 6.07) is 0. The first-order valence-corrected chi connectivity index (χ1v) is 5.58. The fourth-order valence-electron chi connectivity index (χ4n) is 1.83. The minimum absolute atomic E-state index is 0.0885. The normalized spacial score (nSPS) is 21.4. The molecule has 0 radical (unpaired) electrons. The number of carbonyl (C=O) groups is 1. The van der Waals surface area contributed by atoms with E-state index in [4.69, 9.17) is 0 Å². The lowest BCUT2D eigenvalue weighted by Crippen LogP contribution is -2.40. The van der Waals surface area contributed by atoms with E-state index in [0.717, 1.165) is 13.1 Å². The maximum absolute atomic E-state index is 12.0. The molecule has 0 saturated carbocycles. The predicted octanol–water partition coefficient (Wildman–Crippen LogP) is 2.46. The fraction of sp³-hybridized carbons (Fsp3) is 0.750. The molecule has 0 aliphatic carbocycles. The number of piperidine rings is 1. The van der Waals surface area contributed by atoms with Gasteiger partial charge in [-0.1, -0.05) is 19.9 Å². The largest absolute Gasteiger partial charge is 0.342 e. The highest BCUT2D eigenvalue weighted by atomic mass is 16.2. The summed E-state index contributed by atoms with van der Waals surface area (Å²) in [5.74, 6) is 0.673. The van der Waals surface area contributed by atoms with Crippen LogP contribution in [0.2, 0.25) is 0 Å². The van der Waals surface area contributed by atoms with E-state index in [1.54, 1.807) is 0 Å². The van der Waals surface area contributed by atoms with Gasteiger partial charge >= 0.3 is 0 Å². The molecule has 0 aromatic carbocycles. The second-order valence-corrected chi connectivity index (χ2v) is 4.27. The summed E-state index contributed by atoms with van der Waals surface area (Å²) in [5, 5.41) is 0. The Labute approximate surface area is 87.0 Å². The van der Waals surface area contributed by atoms with Crippen molar-refractivity contribution in [2.75, 3.05) is 13.1 Å². The minimum atomic E-state index is 0.0885. The molecule has 80 valence electrons. The summed E-state index contributed by atoms with van der Waals surface area (Å²) in [7, 11) is 0. The molecule has 2 heteroatoms. The van der Waals surface area contributed by atoms with E-state index >= 15 is 0 Å². The Morgan fingerprint density at radius 1 is 1.29 bits per heavy atom. The predicted molar refractivity (Wildman–Crippen MR) is 59.0 cm³/mol. The zero-order chi connectivity index (χ0) is 10.6. The highest BCUT2D eigenvalue weighted by molar-refractivity contribution is 5.79. The van der Waals surface area contributed by atoms with Gasteiger partial charge in [0.1, 0.15) is 0 Å². The van der Waals surface area contributed by atoms with E-state index in [2.05, 4.69) is 13.5 Å². The van der Waals surface area contributed by atoms with Gasteiger partial charge in [-0.3, -0.25) is 4.79 Å². The molecule has 1 fully saturated rings. The van der Waals surface area contributed by atoms with Gasteiger partial charge < -0.3 is 4.90 Å². The second-order valence-electron chi connectivity index (χ2n) is 4.27. The van der Waals surface area contributed by atoms with Crippen molar-refractivity contribution in [2.45, 2.75) is 33.1 Å². The summed E-state index contributed by atoms with van der Waals surface area (Å²) in [6.07, 6.45) is 5.48. The molecule has 0 unspecified atom stereocenters. The molecule has 0 aromatic heterocycles. The molecule has 14 heavy (non-hydrogen) atoms. The Kier molecular flexibility index (Phi) is 4.18. The average molecular weight is 195 g/mol. The summed E-state index contributed by atoms with van der Waals surface area (Å²) < 4.78 is 0. The molecule has 0 aromatic rings. The first kappa shape index (κ1) is 11.3. The molecule has 2 atom stereocenters. The maximum atomic E-state index is 12.0. The van der Waals surface area contributed by atoms with Crippen molar-refractivity contribution in [1.82, 2.24) is 4.90 Å². The van der Waals surface area contributed by atoms with Crippen LogP contribution in [0.4, 0.5) is 0 Å². The molecule has 0 N–H and O–H groups in total. The van der Waals surface area contributed by atoms with E-state index in [1.807, 2.05) is 17.9 Å². The van der Waals surface area contributed by atoms with Crippen LogP contribution in [-0.2, 0) is 4.79 Å². The van der Waals surface area contributed by atoms with Crippen molar-refractivity contribution in [3.8, 4) is 0 Å². The van der Waals surface area contributed by atoms with Crippen LogP contribution in [0.3, 0.4) is 0 Å². The van der Waals surface area contributed by atoms with Crippen LogP contribution in [0.1, 0.15) is 33.1 Å². The van der Waals surface area contributed by atoms with E-state index in [9.17, 15) is 4.79 Å². The van der Waals surface area contributed by atoms with E-state index in [1.165, 1.54) is 19.3 Å². The number of carbonyl (C=O) groups excluding carboxylic acids is 1. The van der Waals surface area contributed by atoms with E-state index < -0.39 is 0 Å². The van der Waals surface area contributed by atoms with Crippen molar-refractivity contribution in [3.63, 3.8) is 0 Å². The third-order valence-electron chi connectivity index (χ3n) is 3.22. The summed E-state index contributed by atoms with van der Waals surface area (Å²) in [6.45, 7) is 9.70. The lowest BCUT2D eigenvalue weighted by Gasteiger charge is -2.30. The highest BCUT2D eigenvalue weighted by Crippen LogP contribution is 2.18. The molecule has 1 saturated heterocycles. The van der Waals surface area contributed by atoms with Crippen LogP contribution in [0.25, 0.3) is 0 Å². The van der Waals surface area contributed by atoms with Crippen LogP contribution < -0.4 is 0 Å². The van der Waals surface area contributed by atoms with Crippen molar-refractivity contribution in [1.29, 1.82) is 0 Å². The molecule has 1 heterocycles. The van der Waals surface area contributed by atoms with Crippen LogP contribution in [0.5, 0.6) is 0 Å². The molecular formula is C12H21NO. The smallest absolute Gasteiger partial charge is 0.225 e. The van der Waals surface area contributed by atoms with Gasteiger partial charge in [-0.2, -0.15) is 0 Å². The standard InChI is InChI=1S/C12H21NO/c1-4-10(2)11(3)12(14)13-8-6-5-7-9-13/h4,10-11H,1,5-9H2,2-3H3/t10-,11+/m0/s1. The zero-order valence-electron chi connectivity index (χ0n) is 9.33. The zero-order valence-corrected chi connectivity index (χ0v) is 9.33. The van der Waals surface area contributed by atoms with Crippen molar-refractivity contribution in [3.05, 3.63) is 12.7 Å². The third-order valence-corrected chi connectivity index (χ3v) is 3.22. The first-order valence-electron chi connectivity index (χ1n) is 5.58. The summed E-state index contributed by atoms with van der Waals surface area (Å²) >= 11 is 0. The maximum Gasteiger partial charge on any atom is 0.225 e. The lowest BCUT2D eigenvalue weighted by atomic mass is 9.94. The second kappa shape index (κ2) is 5.18. The van der Waals surface area contributed by atoms with E-state index in [0.29, 0.717) is 5.91 Å². The van der Waals surface area contributed by atoms with Crippen LogP contribution in [-0.4, -0.2) is 23.9 Å². The highest BCUT2D eigenvalue weighted by Gasteiger charge is 2.24. The van der Waals surface area contributed by atoms with Crippen molar-refractivity contribution in [2.24, 2.45) is 11.8 Å². The SMILES string of the molecule is C=C[C@H](C)[C@@H](C)C(=O)N1CCCCC1. The molecule has 0 bridgehead atoms. The molecular weight excluding hydrogens is 174 g/mol. The molecule has 1 amide bonds. The lowest BCUT2D eigenvalue weighted by molar-refractivity contribution is -0.136. The number of nitrogens with zero attached hydrogens (tertiary/aromatic N) is 1. The van der Waals surface area contributed by atoms with Crippen LogP contribution >= 0.6 is 0 Å². The van der Waals surface area contributed by atoms with Gasteiger partial charge in [0.15, 0.2) is 0 Å². The first-order chi connectivity index (χ1) is 6.66. The number of hydrogen-bond acceptors (Lipinski definition) is 1. The summed E-state index contributed by atoms with van der Waals surface area (Å²) in [4.78, 5) is 14.0. The van der Waals surface area contributed by atoms with Gasteiger partial charge in [-0.25, -0.2) is 0 Å². The van der Waals surface area contributed by atoms with E-state index in [-0.39, 0.29) is 11.8 Å². The summed E-state index contributed by atoms with van der Waals surface area (Å²) in [5.41, 5.74) is 0. The number of amides is 1. The van der Waals surface area contributed by atoms with Gasteiger partial charge in [-0.15, -0.1) is 6.58 Å². The topological polar surface area (TPSA) is 20.3 Å². The average Bonchev–Trinajstić information content (AvgIpc) is 2.27. The fourth-order valence-corrected chi connectivity index (χ4v) is 1.83. The Balaban J connectivity index is 2.49. The monoisotopic (exact) mass is 195 g/mol. The van der Waals surface area contributed by atoms with Crippen LogP contribution in [0.15, 0.2) is 12.7 Å². The van der Waals surface area contributed by atoms with Gasteiger partial charge in [0.25, 0.3) is 0 Å². The number of allylic oxidation sites excluding steroid dienone is 1. The Morgan fingerprint density at radius 3 is 2.36 bits per heavy atom. The van der Waals surface area contributed by atoms with Gasteiger partial charge in [0.2, 0.25) is 5.91 Å². The number of rotatable bonds is 3. The van der Waals surface area contributed by atoms with Crippen molar-refractivity contribution >= 4 is 5.91 Å². The van der Waals surface area contributed by atoms with Gasteiger partial charge in [-0.05, 0) is 25.2 Å². The number of hydrogen-bond donors (Lipinski definition) is 0. The van der Waals surface area contributed by atoms with Gasteiger partial charge in [0.05, 0.1) is 0 Å². The quantitative estimate of drug-likeness (QED) is 0.633. The van der Waals surface area contributed by atoms with Crippen LogP contribution in [0, 0.1) is 11.8 Å². The van der Waals surface area contributed by atoms with Gasteiger partial charge in [0, 0.05) is 19.0 Å². The molecule has 0 spiro atoms. The Bertz CT molecular complexity index is 206.